The Labute approximate surface area is 71.0 Å². The number of nitrogens with one attached hydrogen (secondary N) is 1. The molecule has 0 bridgehead atoms. The summed E-state index contributed by atoms with van der Waals surface area (Å²) in [7, 11) is 1.50. The van der Waals surface area contributed by atoms with E-state index in [1.165, 1.54) is 14.0 Å². The zero-order valence-corrected chi connectivity index (χ0v) is 7.19. The lowest BCUT2D eigenvalue weighted by atomic mass is 10.0. The SMILES string of the molecule is CN[C@H](O)C(C)C(=O)[C@H](O)CO. The van der Waals surface area contributed by atoms with E-state index in [9.17, 15) is 4.79 Å². The van der Waals surface area contributed by atoms with E-state index in [1.807, 2.05) is 0 Å². The summed E-state index contributed by atoms with van der Waals surface area (Å²) in [6.07, 6.45) is -2.39. The maximum Gasteiger partial charge on any atom is 0.170 e. The van der Waals surface area contributed by atoms with Crippen molar-refractivity contribution in [2.75, 3.05) is 13.7 Å². The van der Waals surface area contributed by atoms with Gasteiger partial charge in [-0.1, -0.05) is 6.92 Å². The number of ketones is 1. The smallest absolute Gasteiger partial charge is 0.170 e. The maximum absolute atomic E-state index is 11.1. The maximum atomic E-state index is 11.1. The average molecular weight is 177 g/mol. The third-order valence-electron chi connectivity index (χ3n) is 1.72. The van der Waals surface area contributed by atoms with Crippen molar-refractivity contribution in [2.45, 2.75) is 19.3 Å². The number of Topliss-reactive ketones (excluding diaryl/α,β-unsaturated/α-hetero) is 1. The third kappa shape index (κ3) is 2.86. The minimum Gasteiger partial charge on any atom is -0.393 e. The molecule has 0 amide bonds. The number of hydrogen-bond acceptors (Lipinski definition) is 5. The number of hydrogen-bond donors (Lipinski definition) is 4. The molecule has 0 saturated heterocycles. The minimum absolute atomic E-state index is 0.570. The molecule has 0 fully saturated rings. The standard InChI is InChI=1S/C7H15NO4/c1-4(7(12)8-2)6(11)5(10)3-9/h4-5,7-10,12H,3H2,1-2H3/t4?,5-,7-/m1/s1. The molecule has 0 radical (unpaired) electrons. The van der Waals surface area contributed by atoms with Crippen molar-refractivity contribution in [1.82, 2.24) is 5.32 Å². The zero-order chi connectivity index (χ0) is 9.72. The van der Waals surface area contributed by atoms with Crippen molar-refractivity contribution in [3.05, 3.63) is 0 Å². The van der Waals surface area contributed by atoms with Gasteiger partial charge in [-0.05, 0) is 7.05 Å². The number of carbonyl (C=O) groups excluding carboxylic acids is 1. The van der Waals surface area contributed by atoms with Gasteiger partial charge >= 0.3 is 0 Å². The molecule has 0 aliphatic carbocycles. The first-order chi connectivity index (χ1) is 5.54. The van der Waals surface area contributed by atoms with Gasteiger partial charge in [0.15, 0.2) is 5.78 Å². The fraction of sp³-hybridized carbons (Fsp3) is 0.857. The van der Waals surface area contributed by atoms with Crippen LogP contribution in [0.1, 0.15) is 6.92 Å². The predicted molar refractivity (Wildman–Crippen MR) is 42.3 cm³/mol. The molecule has 0 aromatic rings. The van der Waals surface area contributed by atoms with E-state index in [2.05, 4.69) is 5.32 Å². The summed E-state index contributed by atoms with van der Waals surface area (Å²) < 4.78 is 0. The molecule has 1 unspecified atom stereocenters. The van der Waals surface area contributed by atoms with Gasteiger partial charge in [0.05, 0.1) is 12.5 Å². The summed E-state index contributed by atoms with van der Waals surface area (Å²) in [5.41, 5.74) is 0. The highest BCUT2D eigenvalue weighted by Crippen LogP contribution is 2.04. The van der Waals surface area contributed by atoms with E-state index >= 15 is 0 Å². The lowest BCUT2D eigenvalue weighted by molar-refractivity contribution is -0.136. The molecule has 0 aromatic carbocycles. The quantitative estimate of drug-likeness (QED) is 0.368. The molecule has 5 nitrogen and oxygen atoms in total. The van der Waals surface area contributed by atoms with Gasteiger partial charge in [-0.3, -0.25) is 10.1 Å². The Hall–Kier alpha value is -0.490. The highest BCUT2D eigenvalue weighted by Gasteiger charge is 2.25. The molecule has 0 spiro atoms. The molecule has 0 aliphatic heterocycles. The van der Waals surface area contributed by atoms with Gasteiger partial charge in [-0.15, -0.1) is 0 Å². The highest BCUT2D eigenvalue weighted by atomic mass is 16.3. The van der Waals surface area contributed by atoms with Crippen LogP contribution in [0.4, 0.5) is 0 Å². The molecule has 0 heterocycles. The summed E-state index contributed by atoms with van der Waals surface area (Å²) in [5, 5.41) is 28.9. The van der Waals surface area contributed by atoms with Crippen LogP contribution in [-0.4, -0.2) is 47.1 Å². The monoisotopic (exact) mass is 177 g/mol. The largest absolute Gasteiger partial charge is 0.393 e. The lowest BCUT2D eigenvalue weighted by Gasteiger charge is -2.18. The van der Waals surface area contributed by atoms with Crippen molar-refractivity contribution in [2.24, 2.45) is 5.92 Å². The molecule has 4 N–H and O–H groups in total. The summed E-state index contributed by atoms with van der Waals surface area (Å²) in [6.45, 7) is 0.863. The minimum atomic E-state index is -1.40. The van der Waals surface area contributed by atoms with Crippen LogP contribution in [0.3, 0.4) is 0 Å². The van der Waals surface area contributed by atoms with Crippen LogP contribution in [-0.2, 0) is 4.79 Å². The van der Waals surface area contributed by atoms with E-state index in [-0.39, 0.29) is 0 Å². The van der Waals surface area contributed by atoms with Gasteiger partial charge in [-0.25, -0.2) is 0 Å². The fourth-order valence-corrected chi connectivity index (χ4v) is 0.799. The number of rotatable bonds is 5. The molecular weight excluding hydrogens is 162 g/mol. The molecular formula is C7H15NO4. The normalized spacial score (nSPS) is 18.4. The van der Waals surface area contributed by atoms with E-state index in [4.69, 9.17) is 15.3 Å². The Bertz CT molecular complexity index is 150. The second-order valence-corrected chi connectivity index (χ2v) is 2.62. The van der Waals surface area contributed by atoms with Gasteiger partial charge in [-0.2, -0.15) is 0 Å². The molecule has 0 rings (SSSR count). The topological polar surface area (TPSA) is 89.8 Å². The second kappa shape index (κ2) is 5.21. The zero-order valence-electron chi connectivity index (χ0n) is 7.19. The molecule has 0 aromatic heterocycles. The Morgan fingerprint density at radius 3 is 2.33 bits per heavy atom. The van der Waals surface area contributed by atoms with Crippen molar-refractivity contribution in [1.29, 1.82) is 0 Å². The van der Waals surface area contributed by atoms with Crippen LogP contribution in [0.5, 0.6) is 0 Å². The molecule has 0 aliphatic rings. The third-order valence-corrected chi connectivity index (χ3v) is 1.72. The van der Waals surface area contributed by atoms with Crippen LogP contribution in [0, 0.1) is 5.92 Å². The van der Waals surface area contributed by atoms with E-state index in [0.29, 0.717) is 0 Å². The van der Waals surface area contributed by atoms with Gasteiger partial charge in [0.25, 0.3) is 0 Å². The Balaban J connectivity index is 4.09. The summed E-state index contributed by atoms with van der Waals surface area (Å²) in [5.74, 6) is -1.29. The number of aliphatic hydroxyl groups is 3. The van der Waals surface area contributed by atoms with Crippen molar-refractivity contribution in [3.8, 4) is 0 Å². The average Bonchev–Trinajstić information content (AvgIpc) is 2.12. The molecule has 72 valence electrons. The van der Waals surface area contributed by atoms with Gasteiger partial charge in [0, 0.05) is 0 Å². The van der Waals surface area contributed by atoms with E-state index in [1.54, 1.807) is 0 Å². The molecule has 12 heavy (non-hydrogen) atoms. The van der Waals surface area contributed by atoms with Crippen LogP contribution in [0.2, 0.25) is 0 Å². The van der Waals surface area contributed by atoms with Crippen molar-refractivity contribution in [3.63, 3.8) is 0 Å². The Morgan fingerprint density at radius 2 is 2.00 bits per heavy atom. The summed E-state index contributed by atoms with van der Waals surface area (Å²) in [4.78, 5) is 11.1. The van der Waals surface area contributed by atoms with Crippen LogP contribution < -0.4 is 5.32 Å². The van der Waals surface area contributed by atoms with Crippen LogP contribution >= 0.6 is 0 Å². The highest BCUT2D eigenvalue weighted by molar-refractivity contribution is 5.85. The lowest BCUT2D eigenvalue weighted by Crippen LogP contribution is -2.41. The first-order valence-corrected chi connectivity index (χ1v) is 3.72. The number of aliphatic hydroxyl groups excluding tert-OH is 3. The van der Waals surface area contributed by atoms with Crippen LogP contribution in [0.15, 0.2) is 0 Å². The summed E-state index contributed by atoms with van der Waals surface area (Å²) >= 11 is 0. The molecule has 3 atom stereocenters. The molecule has 0 saturated carbocycles. The number of carbonyl (C=O) groups is 1. The van der Waals surface area contributed by atoms with Gasteiger partial charge < -0.3 is 15.3 Å². The van der Waals surface area contributed by atoms with E-state index in [0.717, 1.165) is 0 Å². The van der Waals surface area contributed by atoms with Crippen LogP contribution in [0.25, 0.3) is 0 Å². The van der Waals surface area contributed by atoms with E-state index < -0.39 is 30.6 Å². The Kier molecular flexibility index (Phi) is 5.00. The van der Waals surface area contributed by atoms with Crippen molar-refractivity contribution < 1.29 is 20.1 Å². The predicted octanol–water partition coefficient (Wildman–Crippen LogP) is -1.92. The summed E-state index contributed by atoms with van der Waals surface area (Å²) in [6, 6.07) is 0. The van der Waals surface area contributed by atoms with Gasteiger partial charge in [0.1, 0.15) is 12.3 Å². The first kappa shape index (κ1) is 11.5. The second-order valence-electron chi connectivity index (χ2n) is 2.62. The fourth-order valence-electron chi connectivity index (χ4n) is 0.799. The Morgan fingerprint density at radius 1 is 1.50 bits per heavy atom. The van der Waals surface area contributed by atoms with Gasteiger partial charge in [0.2, 0.25) is 0 Å². The van der Waals surface area contributed by atoms with Crippen molar-refractivity contribution >= 4 is 5.78 Å². The first-order valence-electron chi connectivity index (χ1n) is 3.72. The molecule has 5 heteroatoms.